The third-order valence-corrected chi connectivity index (χ3v) is 4.33. The Bertz CT molecular complexity index is 280. The van der Waals surface area contributed by atoms with Gasteiger partial charge in [-0.2, -0.15) is 0 Å². The SMILES string of the molecule is CN(C)[C@@H]1CCCN(C(=O)[C@H]2CCC[C@H]2N)C1. The first kappa shape index (κ1) is 12.8. The Morgan fingerprint density at radius 3 is 2.59 bits per heavy atom. The Kier molecular flexibility index (Phi) is 4.05. The van der Waals surface area contributed by atoms with Crippen LogP contribution in [0.1, 0.15) is 32.1 Å². The molecule has 0 bridgehead atoms. The lowest BCUT2D eigenvalue weighted by Crippen LogP contribution is -2.50. The first-order valence-corrected chi connectivity index (χ1v) is 6.80. The van der Waals surface area contributed by atoms with Gasteiger partial charge in [0.2, 0.25) is 5.91 Å². The number of likely N-dealkylation sites (N-methyl/N-ethyl adjacent to an activating group) is 1. The van der Waals surface area contributed by atoms with Crippen LogP contribution in [0.5, 0.6) is 0 Å². The van der Waals surface area contributed by atoms with Crippen LogP contribution in [0.15, 0.2) is 0 Å². The van der Waals surface area contributed by atoms with Crippen LogP contribution in [0.2, 0.25) is 0 Å². The van der Waals surface area contributed by atoms with Gasteiger partial charge in [-0.25, -0.2) is 0 Å². The second kappa shape index (κ2) is 5.36. The molecule has 4 heteroatoms. The predicted molar refractivity (Wildman–Crippen MR) is 68.6 cm³/mol. The standard InChI is InChI=1S/C13H25N3O/c1-15(2)10-5-4-8-16(9-10)13(17)11-6-3-7-12(11)14/h10-12H,3-9,14H2,1-2H3/t10-,11+,12-/m1/s1. The fourth-order valence-electron chi connectivity index (χ4n) is 3.11. The summed E-state index contributed by atoms with van der Waals surface area (Å²) in [5.74, 6) is 0.400. The first-order valence-electron chi connectivity index (χ1n) is 6.80. The van der Waals surface area contributed by atoms with Crippen molar-refractivity contribution in [2.75, 3.05) is 27.2 Å². The summed E-state index contributed by atoms with van der Waals surface area (Å²) in [6, 6.07) is 0.618. The Morgan fingerprint density at radius 1 is 1.24 bits per heavy atom. The second-order valence-electron chi connectivity index (χ2n) is 5.75. The summed E-state index contributed by atoms with van der Waals surface area (Å²) in [5, 5.41) is 0. The van der Waals surface area contributed by atoms with E-state index in [-0.39, 0.29) is 12.0 Å². The molecule has 2 fully saturated rings. The number of rotatable bonds is 2. The van der Waals surface area contributed by atoms with Crippen molar-refractivity contribution < 1.29 is 4.79 Å². The van der Waals surface area contributed by atoms with Crippen molar-refractivity contribution >= 4 is 5.91 Å². The van der Waals surface area contributed by atoms with Crippen LogP contribution in [0.25, 0.3) is 0 Å². The molecule has 0 unspecified atom stereocenters. The lowest BCUT2D eigenvalue weighted by molar-refractivity contribution is -0.137. The summed E-state index contributed by atoms with van der Waals surface area (Å²) in [6.45, 7) is 1.81. The van der Waals surface area contributed by atoms with Crippen LogP contribution >= 0.6 is 0 Å². The van der Waals surface area contributed by atoms with Crippen molar-refractivity contribution in [2.24, 2.45) is 11.7 Å². The number of nitrogens with two attached hydrogens (primary N) is 1. The molecule has 3 atom stereocenters. The largest absolute Gasteiger partial charge is 0.341 e. The fraction of sp³-hybridized carbons (Fsp3) is 0.923. The van der Waals surface area contributed by atoms with Gasteiger partial charge in [-0.3, -0.25) is 4.79 Å². The van der Waals surface area contributed by atoms with Gasteiger partial charge in [0.1, 0.15) is 0 Å². The zero-order valence-corrected chi connectivity index (χ0v) is 11.1. The Hall–Kier alpha value is -0.610. The minimum atomic E-state index is 0.0934. The molecule has 2 aliphatic rings. The molecule has 1 aliphatic heterocycles. The molecule has 17 heavy (non-hydrogen) atoms. The van der Waals surface area contributed by atoms with Gasteiger partial charge < -0.3 is 15.5 Å². The lowest BCUT2D eigenvalue weighted by atomic mass is 9.99. The molecule has 1 aliphatic carbocycles. The summed E-state index contributed by atoms with van der Waals surface area (Å²) in [7, 11) is 4.19. The minimum Gasteiger partial charge on any atom is -0.341 e. The number of amides is 1. The van der Waals surface area contributed by atoms with Crippen LogP contribution in [-0.4, -0.2) is 55.0 Å². The summed E-state index contributed by atoms with van der Waals surface area (Å²) >= 11 is 0. The average Bonchev–Trinajstić information content (AvgIpc) is 2.74. The topological polar surface area (TPSA) is 49.6 Å². The van der Waals surface area contributed by atoms with Crippen molar-refractivity contribution in [3.63, 3.8) is 0 Å². The van der Waals surface area contributed by atoms with Crippen molar-refractivity contribution in [1.29, 1.82) is 0 Å². The molecule has 1 saturated carbocycles. The quantitative estimate of drug-likeness (QED) is 0.770. The van der Waals surface area contributed by atoms with Gasteiger partial charge in [0.25, 0.3) is 0 Å². The van der Waals surface area contributed by atoms with Crippen molar-refractivity contribution in [3.8, 4) is 0 Å². The van der Waals surface area contributed by atoms with E-state index in [1.807, 2.05) is 4.90 Å². The van der Waals surface area contributed by atoms with Crippen molar-refractivity contribution in [1.82, 2.24) is 9.80 Å². The van der Waals surface area contributed by atoms with Gasteiger partial charge in [-0.1, -0.05) is 6.42 Å². The highest BCUT2D eigenvalue weighted by Gasteiger charge is 2.35. The van der Waals surface area contributed by atoms with E-state index in [2.05, 4.69) is 19.0 Å². The molecule has 2 N–H and O–H groups in total. The third-order valence-electron chi connectivity index (χ3n) is 4.33. The molecule has 0 radical (unpaired) electrons. The van der Waals surface area contributed by atoms with E-state index < -0.39 is 0 Å². The molecule has 1 heterocycles. The number of nitrogens with zero attached hydrogens (tertiary/aromatic N) is 2. The van der Waals surface area contributed by atoms with E-state index in [1.165, 1.54) is 6.42 Å². The molecule has 1 saturated heterocycles. The summed E-state index contributed by atoms with van der Waals surface area (Å²) in [5.41, 5.74) is 6.02. The number of hydrogen-bond acceptors (Lipinski definition) is 3. The molecule has 2 rings (SSSR count). The maximum absolute atomic E-state index is 12.4. The maximum Gasteiger partial charge on any atom is 0.227 e. The van der Waals surface area contributed by atoms with E-state index in [4.69, 9.17) is 5.73 Å². The predicted octanol–water partition coefficient (Wildman–Crippen LogP) is 0.666. The minimum absolute atomic E-state index is 0.0934. The van der Waals surface area contributed by atoms with Gasteiger partial charge in [-0.05, 0) is 39.8 Å². The highest BCUT2D eigenvalue weighted by molar-refractivity contribution is 5.80. The molecule has 1 amide bonds. The zero-order chi connectivity index (χ0) is 12.4. The lowest BCUT2D eigenvalue weighted by Gasteiger charge is -2.37. The fourth-order valence-corrected chi connectivity index (χ4v) is 3.11. The molecule has 98 valence electrons. The second-order valence-corrected chi connectivity index (χ2v) is 5.75. The number of carbonyl (C=O) groups is 1. The van der Waals surface area contributed by atoms with Gasteiger partial charge in [0.15, 0.2) is 0 Å². The Balaban J connectivity index is 1.94. The van der Waals surface area contributed by atoms with Crippen LogP contribution in [-0.2, 0) is 4.79 Å². The van der Waals surface area contributed by atoms with Gasteiger partial charge in [0, 0.05) is 25.2 Å². The maximum atomic E-state index is 12.4. The molecular weight excluding hydrogens is 214 g/mol. The molecule has 0 aromatic carbocycles. The number of carbonyl (C=O) groups excluding carboxylic acids is 1. The van der Waals surface area contributed by atoms with Crippen molar-refractivity contribution in [3.05, 3.63) is 0 Å². The summed E-state index contributed by atoms with van der Waals surface area (Å²) in [4.78, 5) is 16.7. The number of likely N-dealkylation sites (tertiary alicyclic amines) is 1. The van der Waals surface area contributed by atoms with Crippen LogP contribution in [0.4, 0.5) is 0 Å². The van der Waals surface area contributed by atoms with E-state index in [1.54, 1.807) is 0 Å². The van der Waals surface area contributed by atoms with E-state index in [9.17, 15) is 4.79 Å². The number of hydrogen-bond donors (Lipinski definition) is 1. The zero-order valence-electron chi connectivity index (χ0n) is 11.1. The van der Waals surface area contributed by atoms with E-state index in [0.717, 1.165) is 38.8 Å². The highest BCUT2D eigenvalue weighted by Crippen LogP contribution is 2.27. The Morgan fingerprint density at radius 2 is 2.00 bits per heavy atom. The van der Waals surface area contributed by atoms with Crippen molar-refractivity contribution in [2.45, 2.75) is 44.2 Å². The van der Waals surface area contributed by atoms with Gasteiger partial charge in [-0.15, -0.1) is 0 Å². The van der Waals surface area contributed by atoms with Gasteiger partial charge >= 0.3 is 0 Å². The van der Waals surface area contributed by atoms with Crippen LogP contribution in [0, 0.1) is 5.92 Å². The smallest absolute Gasteiger partial charge is 0.227 e. The molecular formula is C13H25N3O. The van der Waals surface area contributed by atoms with Crippen LogP contribution < -0.4 is 5.73 Å². The van der Waals surface area contributed by atoms with E-state index >= 15 is 0 Å². The summed E-state index contributed by atoms with van der Waals surface area (Å²) in [6.07, 6.45) is 5.44. The monoisotopic (exact) mass is 239 g/mol. The number of piperidine rings is 1. The highest BCUT2D eigenvalue weighted by atomic mass is 16.2. The summed E-state index contributed by atoms with van der Waals surface area (Å²) < 4.78 is 0. The normalized spacial score (nSPS) is 34.4. The van der Waals surface area contributed by atoms with Gasteiger partial charge in [0.05, 0.1) is 5.92 Å². The molecule has 0 aromatic heterocycles. The first-order chi connectivity index (χ1) is 8.09. The molecule has 4 nitrogen and oxygen atoms in total. The molecule has 0 aromatic rings. The Labute approximate surface area is 104 Å². The average molecular weight is 239 g/mol. The molecule has 0 spiro atoms. The third kappa shape index (κ3) is 2.80. The van der Waals surface area contributed by atoms with Crippen LogP contribution in [0.3, 0.4) is 0 Å². The van der Waals surface area contributed by atoms with E-state index in [0.29, 0.717) is 11.9 Å².